The number of alkyl halides is 3. The van der Waals surface area contributed by atoms with Crippen LogP contribution in [-0.4, -0.2) is 15.7 Å². The molecule has 1 aliphatic rings. The van der Waals surface area contributed by atoms with Crippen molar-refractivity contribution in [2.45, 2.75) is 51.7 Å². The van der Waals surface area contributed by atoms with E-state index in [4.69, 9.17) is 11.6 Å². The van der Waals surface area contributed by atoms with E-state index in [1.54, 1.807) is 6.07 Å². The molecule has 1 amide bonds. The van der Waals surface area contributed by atoms with Crippen molar-refractivity contribution >= 4 is 23.2 Å². The van der Waals surface area contributed by atoms with Gasteiger partial charge in [-0.05, 0) is 50.8 Å². The van der Waals surface area contributed by atoms with Gasteiger partial charge in [0.1, 0.15) is 6.04 Å². The van der Waals surface area contributed by atoms with Crippen LogP contribution in [0.2, 0.25) is 5.02 Å². The van der Waals surface area contributed by atoms with Gasteiger partial charge >= 0.3 is 6.18 Å². The molecule has 8 heteroatoms. The van der Waals surface area contributed by atoms with Crippen molar-refractivity contribution in [1.29, 1.82) is 0 Å². The Morgan fingerprint density at radius 3 is 2.58 bits per heavy atom. The molecule has 1 aromatic carbocycles. The SMILES string of the molecule is Cc1cccc(NC(=O)C(C)n2nc(C(F)(F)F)c(Cl)c2C2CC2)c1C. The van der Waals surface area contributed by atoms with Crippen LogP contribution < -0.4 is 5.32 Å². The average molecular weight is 386 g/mol. The molecule has 1 atom stereocenters. The highest BCUT2D eigenvalue weighted by Crippen LogP contribution is 2.47. The predicted octanol–water partition coefficient (Wildman–Crippen LogP) is 5.25. The zero-order valence-corrected chi connectivity index (χ0v) is 15.4. The Hall–Kier alpha value is -2.02. The minimum Gasteiger partial charge on any atom is -0.324 e. The maximum atomic E-state index is 13.2. The molecule has 0 spiro atoms. The number of nitrogens with zero attached hydrogens (tertiary/aromatic N) is 2. The highest BCUT2D eigenvalue weighted by molar-refractivity contribution is 6.32. The zero-order valence-electron chi connectivity index (χ0n) is 14.6. The maximum absolute atomic E-state index is 13.2. The molecule has 1 heterocycles. The summed E-state index contributed by atoms with van der Waals surface area (Å²) in [5.74, 6) is -0.518. The minimum absolute atomic E-state index is 0.0814. The smallest absolute Gasteiger partial charge is 0.324 e. The summed E-state index contributed by atoms with van der Waals surface area (Å²) < 4.78 is 40.6. The van der Waals surface area contributed by atoms with Gasteiger partial charge in [-0.1, -0.05) is 23.7 Å². The number of rotatable bonds is 4. The van der Waals surface area contributed by atoms with Gasteiger partial charge in [-0.2, -0.15) is 18.3 Å². The van der Waals surface area contributed by atoms with Crippen molar-refractivity contribution in [3.8, 4) is 0 Å². The molecule has 1 aromatic heterocycles. The molecular weight excluding hydrogens is 367 g/mol. The zero-order chi connectivity index (χ0) is 19.2. The molecule has 1 saturated carbocycles. The number of hydrogen-bond acceptors (Lipinski definition) is 2. The molecule has 1 unspecified atom stereocenters. The molecule has 0 radical (unpaired) electrons. The Morgan fingerprint density at radius 1 is 1.35 bits per heavy atom. The van der Waals surface area contributed by atoms with Gasteiger partial charge in [-0.3, -0.25) is 9.48 Å². The van der Waals surface area contributed by atoms with Gasteiger partial charge in [-0.25, -0.2) is 0 Å². The van der Waals surface area contributed by atoms with E-state index < -0.39 is 28.8 Å². The van der Waals surface area contributed by atoms with Crippen LogP contribution in [0.25, 0.3) is 0 Å². The normalized spacial score (nSPS) is 15.8. The topological polar surface area (TPSA) is 46.9 Å². The van der Waals surface area contributed by atoms with E-state index in [1.807, 2.05) is 26.0 Å². The van der Waals surface area contributed by atoms with E-state index in [2.05, 4.69) is 10.4 Å². The van der Waals surface area contributed by atoms with Crippen molar-refractivity contribution in [2.24, 2.45) is 0 Å². The molecule has 1 N–H and O–H groups in total. The number of aromatic nitrogens is 2. The lowest BCUT2D eigenvalue weighted by Gasteiger charge is -2.17. The molecule has 0 bridgehead atoms. The van der Waals surface area contributed by atoms with Gasteiger partial charge in [0, 0.05) is 11.6 Å². The fourth-order valence-electron chi connectivity index (χ4n) is 2.86. The Balaban J connectivity index is 1.93. The van der Waals surface area contributed by atoms with E-state index in [-0.39, 0.29) is 5.92 Å². The van der Waals surface area contributed by atoms with E-state index in [0.717, 1.165) is 28.7 Å². The fraction of sp³-hybridized carbons (Fsp3) is 0.444. The molecule has 3 rings (SSSR count). The first-order chi connectivity index (χ1) is 12.1. The van der Waals surface area contributed by atoms with Crippen molar-refractivity contribution in [3.05, 3.63) is 45.7 Å². The van der Waals surface area contributed by atoms with Gasteiger partial charge in [0.15, 0.2) is 5.69 Å². The summed E-state index contributed by atoms with van der Waals surface area (Å²) in [5, 5.41) is 6.03. The third-order valence-corrected chi connectivity index (χ3v) is 5.10. The number of carbonyl (C=O) groups excluding carboxylic acids is 1. The van der Waals surface area contributed by atoms with Crippen LogP contribution in [0.15, 0.2) is 18.2 Å². The minimum atomic E-state index is -4.66. The number of hydrogen-bond donors (Lipinski definition) is 1. The summed E-state index contributed by atoms with van der Waals surface area (Å²) in [6.45, 7) is 5.32. The number of benzene rings is 1. The molecule has 26 heavy (non-hydrogen) atoms. The summed E-state index contributed by atoms with van der Waals surface area (Å²) in [7, 11) is 0. The summed E-state index contributed by atoms with van der Waals surface area (Å²) in [5.41, 5.74) is 1.71. The van der Waals surface area contributed by atoms with Gasteiger partial charge in [0.05, 0.1) is 10.7 Å². The lowest BCUT2D eigenvalue weighted by Crippen LogP contribution is -2.26. The van der Waals surface area contributed by atoms with E-state index >= 15 is 0 Å². The van der Waals surface area contributed by atoms with E-state index in [9.17, 15) is 18.0 Å². The second kappa shape index (κ2) is 6.61. The number of nitrogens with one attached hydrogen (secondary N) is 1. The van der Waals surface area contributed by atoms with Crippen molar-refractivity contribution in [2.75, 3.05) is 5.32 Å². The van der Waals surface area contributed by atoms with Crippen LogP contribution in [0, 0.1) is 13.8 Å². The Kier molecular flexibility index (Phi) is 4.77. The predicted molar refractivity (Wildman–Crippen MR) is 93.5 cm³/mol. The van der Waals surface area contributed by atoms with Crippen LogP contribution in [0.4, 0.5) is 18.9 Å². The van der Waals surface area contributed by atoms with Crippen molar-refractivity contribution in [1.82, 2.24) is 9.78 Å². The number of aryl methyl sites for hydroxylation is 1. The first kappa shape index (κ1) is 18.8. The molecule has 0 saturated heterocycles. The van der Waals surface area contributed by atoms with Gasteiger partial charge in [0.25, 0.3) is 0 Å². The van der Waals surface area contributed by atoms with Crippen LogP contribution in [-0.2, 0) is 11.0 Å². The summed E-state index contributed by atoms with van der Waals surface area (Å²) in [6.07, 6.45) is -3.17. The molecule has 1 fully saturated rings. The van der Waals surface area contributed by atoms with E-state index in [1.165, 1.54) is 6.92 Å². The second-order valence-electron chi connectivity index (χ2n) is 6.68. The van der Waals surface area contributed by atoms with Crippen LogP contribution >= 0.6 is 11.6 Å². The Morgan fingerprint density at radius 2 is 2.00 bits per heavy atom. The number of amides is 1. The molecule has 4 nitrogen and oxygen atoms in total. The van der Waals surface area contributed by atoms with Crippen molar-refractivity contribution in [3.63, 3.8) is 0 Å². The first-order valence-corrected chi connectivity index (χ1v) is 8.71. The third-order valence-electron chi connectivity index (χ3n) is 4.73. The largest absolute Gasteiger partial charge is 0.436 e. The second-order valence-corrected chi connectivity index (χ2v) is 7.06. The molecule has 2 aromatic rings. The van der Waals surface area contributed by atoms with Gasteiger partial charge in [-0.15, -0.1) is 0 Å². The molecule has 140 valence electrons. The third kappa shape index (κ3) is 3.45. The lowest BCUT2D eigenvalue weighted by atomic mass is 10.1. The average Bonchev–Trinajstić information content (AvgIpc) is 3.32. The first-order valence-electron chi connectivity index (χ1n) is 8.33. The Bertz CT molecular complexity index is 856. The molecule has 1 aliphatic carbocycles. The van der Waals surface area contributed by atoms with Crippen LogP contribution in [0.3, 0.4) is 0 Å². The number of carbonyl (C=O) groups is 1. The van der Waals surface area contributed by atoms with Gasteiger partial charge < -0.3 is 5.32 Å². The van der Waals surface area contributed by atoms with Gasteiger partial charge in [0.2, 0.25) is 5.91 Å². The molecule has 0 aliphatic heterocycles. The van der Waals surface area contributed by atoms with Crippen molar-refractivity contribution < 1.29 is 18.0 Å². The standard InChI is InChI=1S/C18H19ClF3N3O/c1-9-5-4-6-13(10(9)2)23-17(26)11(3)25-15(12-7-8-12)14(19)16(24-25)18(20,21)22/h4-6,11-12H,7-8H2,1-3H3,(H,23,26). The highest BCUT2D eigenvalue weighted by atomic mass is 35.5. The highest BCUT2D eigenvalue weighted by Gasteiger charge is 2.43. The lowest BCUT2D eigenvalue weighted by molar-refractivity contribution is -0.141. The quantitative estimate of drug-likeness (QED) is 0.781. The van der Waals surface area contributed by atoms with Crippen LogP contribution in [0.1, 0.15) is 54.2 Å². The number of halogens is 4. The summed E-state index contributed by atoms with van der Waals surface area (Å²) in [4.78, 5) is 12.6. The Labute approximate surface area is 154 Å². The number of anilines is 1. The fourth-order valence-corrected chi connectivity index (χ4v) is 3.25. The summed E-state index contributed by atoms with van der Waals surface area (Å²) in [6, 6.07) is 4.57. The molecular formula is C18H19ClF3N3O. The monoisotopic (exact) mass is 385 g/mol. The van der Waals surface area contributed by atoms with E-state index in [0.29, 0.717) is 11.4 Å². The maximum Gasteiger partial charge on any atom is 0.436 e. The summed E-state index contributed by atoms with van der Waals surface area (Å²) >= 11 is 5.97. The van der Waals surface area contributed by atoms with Crippen LogP contribution in [0.5, 0.6) is 0 Å².